The molecule has 1 saturated heterocycles. The molecule has 92 valence electrons. The Hall–Kier alpha value is -2.10. The number of nitrogens with one attached hydrogen (secondary N) is 1. The van der Waals surface area contributed by atoms with Gasteiger partial charge in [-0.15, -0.1) is 0 Å². The zero-order valence-electron chi connectivity index (χ0n) is 9.81. The minimum absolute atomic E-state index is 0.0537. The molecule has 0 radical (unpaired) electrons. The first-order chi connectivity index (χ1) is 8.72. The van der Waals surface area contributed by atoms with E-state index >= 15 is 0 Å². The highest BCUT2D eigenvalue weighted by Crippen LogP contribution is 2.26. The Balaban J connectivity index is 1.84. The van der Waals surface area contributed by atoms with Crippen LogP contribution in [0.3, 0.4) is 0 Å². The van der Waals surface area contributed by atoms with Crippen molar-refractivity contribution >= 4 is 22.8 Å². The van der Waals surface area contributed by atoms with Gasteiger partial charge in [0.05, 0.1) is 0 Å². The van der Waals surface area contributed by atoms with Crippen molar-refractivity contribution < 1.29 is 14.3 Å². The molecule has 1 N–H and O–H groups in total. The fourth-order valence-electron chi connectivity index (χ4n) is 2.51. The second kappa shape index (κ2) is 4.29. The molecule has 1 aliphatic rings. The van der Waals surface area contributed by atoms with Crippen LogP contribution in [0.15, 0.2) is 30.5 Å². The average Bonchev–Trinajstić information content (AvgIpc) is 2.72. The van der Waals surface area contributed by atoms with Gasteiger partial charge in [0.2, 0.25) is 0 Å². The molecule has 0 unspecified atom stereocenters. The van der Waals surface area contributed by atoms with Gasteiger partial charge in [-0.05, 0) is 24.0 Å². The van der Waals surface area contributed by atoms with Gasteiger partial charge >= 0.3 is 11.9 Å². The summed E-state index contributed by atoms with van der Waals surface area (Å²) in [7, 11) is 0. The smallest absolute Gasteiger partial charge is 0.313 e. The zero-order valence-corrected chi connectivity index (χ0v) is 9.81. The third kappa shape index (κ3) is 2.01. The molecular formula is C14H13NO3. The van der Waals surface area contributed by atoms with E-state index in [0.717, 1.165) is 22.9 Å². The lowest BCUT2D eigenvalue weighted by molar-refractivity contribution is -0.165. The fraction of sp³-hybridized carbons (Fsp3) is 0.286. The van der Waals surface area contributed by atoms with Gasteiger partial charge < -0.3 is 9.72 Å². The van der Waals surface area contributed by atoms with Gasteiger partial charge in [0.1, 0.15) is 0 Å². The summed E-state index contributed by atoms with van der Waals surface area (Å²) in [5.41, 5.74) is 2.23. The van der Waals surface area contributed by atoms with Crippen LogP contribution in [-0.4, -0.2) is 16.9 Å². The molecule has 2 heterocycles. The highest BCUT2D eigenvalue weighted by Gasteiger charge is 2.27. The number of aromatic amines is 1. The van der Waals surface area contributed by atoms with Crippen LogP contribution in [0.1, 0.15) is 18.4 Å². The van der Waals surface area contributed by atoms with E-state index in [1.54, 1.807) is 0 Å². The third-order valence-electron chi connectivity index (χ3n) is 3.32. The lowest BCUT2D eigenvalue weighted by atomic mass is 9.92. The first-order valence-electron chi connectivity index (χ1n) is 6.01. The Morgan fingerprint density at radius 1 is 1.17 bits per heavy atom. The lowest BCUT2D eigenvalue weighted by Crippen LogP contribution is -2.26. The predicted octanol–water partition coefficient (Wildman–Crippen LogP) is 2.19. The van der Waals surface area contributed by atoms with Crippen LogP contribution in [0.25, 0.3) is 10.9 Å². The molecule has 4 heteroatoms. The molecule has 0 bridgehead atoms. The molecule has 2 aromatic rings. The number of hydrogen-bond donors (Lipinski definition) is 1. The molecular weight excluding hydrogens is 230 g/mol. The molecule has 18 heavy (non-hydrogen) atoms. The number of esters is 2. The first kappa shape index (κ1) is 11.0. The number of para-hydroxylation sites is 1. The van der Waals surface area contributed by atoms with Crippen LogP contribution in [-0.2, 0) is 20.7 Å². The average molecular weight is 243 g/mol. The minimum Gasteiger partial charge on any atom is -0.393 e. The van der Waals surface area contributed by atoms with E-state index < -0.39 is 11.9 Å². The van der Waals surface area contributed by atoms with E-state index in [1.807, 2.05) is 30.5 Å². The first-order valence-corrected chi connectivity index (χ1v) is 6.01. The van der Waals surface area contributed by atoms with Crippen molar-refractivity contribution in [1.29, 1.82) is 0 Å². The summed E-state index contributed by atoms with van der Waals surface area (Å²) < 4.78 is 4.54. The molecule has 0 spiro atoms. The van der Waals surface area contributed by atoms with E-state index in [2.05, 4.69) is 9.72 Å². The Bertz CT molecular complexity index is 598. The van der Waals surface area contributed by atoms with E-state index in [1.165, 1.54) is 0 Å². The monoisotopic (exact) mass is 243 g/mol. The largest absolute Gasteiger partial charge is 0.393 e. The van der Waals surface area contributed by atoms with Crippen LogP contribution in [0, 0.1) is 5.92 Å². The Kier molecular flexibility index (Phi) is 2.63. The molecule has 0 amide bonds. The van der Waals surface area contributed by atoms with E-state index in [-0.39, 0.29) is 5.92 Å². The van der Waals surface area contributed by atoms with Gasteiger partial charge in [-0.2, -0.15) is 0 Å². The Morgan fingerprint density at radius 2 is 1.89 bits per heavy atom. The maximum Gasteiger partial charge on any atom is 0.313 e. The molecule has 0 aliphatic carbocycles. The second-order valence-corrected chi connectivity index (χ2v) is 4.68. The Morgan fingerprint density at radius 3 is 2.67 bits per heavy atom. The summed E-state index contributed by atoms with van der Waals surface area (Å²) in [5, 5.41) is 1.16. The van der Waals surface area contributed by atoms with Crippen LogP contribution >= 0.6 is 0 Å². The molecule has 1 aliphatic heterocycles. The van der Waals surface area contributed by atoms with Crippen LogP contribution in [0.4, 0.5) is 0 Å². The fourth-order valence-corrected chi connectivity index (χ4v) is 2.51. The minimum atomic E-state index is -0.406. The lowest BCUT2D eigenvalue weighted by Gasteiger charge is -2.19. The molecule has 4 nitrogen and oxygen atoms in total. The maximum atomic E-state index is 11.2. The number of rotatable bonds is 2. The number of H-pyrrole nitrogens is 1. The molecule has 1 aromatic heterocycles. The van der Waals surface area contributed by atoms with Crippen LogP contribution < -0.4 is 0 Å². The SMILES string of the molecule is O=C1CC(Cc2c[nH]c3ccccc23)CC(=O)O1. The topological polar surface area (TPSA) is 59.2 Å². The van der Waals surface area contributed by atoms with Crippen molar-refractivity contribution in [2.45, 2.75) is 19.3 Å². The summed E-state index contributed by atoms with van der Waals surface area (Å²) in [4.78, 5) is 25.6. The second-order valence-electron chi connectivity index (χ2n) is 4.68. The summed E-state index contributed by atoms with van der Waals surface area (Å²) in [6.45, 7) is 0. The Labute approximate surface area is 104 Å². The summed E-state index contributed by atoms with van der Waals surface area (Å²) in [6, 6.07) is 8.02. The summed E-state index contributed by atoms with van der Waals surface area (Å²) in [5.74, 6) is -0.759. The van der Waals surface area contributed by atoms with Crippen molar-refractivity contribution in [2.75, 3.05) is 0 Å². The van der Waals surface area contributed by atoms with Gasteiger partial charge in [0.25, 0.3) is 0 Å². The van der Waals surface area contributed by atoms with E-state index in [4.69, 9.17) is 0 Å². The number of ether oxygens (including phenoxy) is 1. The van der Waals surface area contributed by atoms with Gasteiger partial charge in [-0.25, -0.2) is 0 Å². The van der Waals surface area contributed by atoms with Gasteiger partial charge in [-0.3, -0.25) is 9.59 Å². The number of carbonyl (C=O) groups is 2. The number of cyclic esters (lactones) is 2. The highest BCUT2D eigenvalue weighted by atomic mass is 16.6. The van der Waals surface area contributed by atoms with Gasteiger partial charge in [-0.1, -0.05) is 18.2 Å². The van der Waals surface area contributed by atoms with E-state index in [0.29, 0.717) is 12.8 Å². The van der Waals surface area contributed by atoms with Crippen LogP contribution in [0.2, 0.25) is 0 Å². The number of fused-ring (bicyclic) bond motifs is 1. The molecule has 1 fully saturated rings. The molecule has 3 rings (SSSR count). The van der Waals surface area contributed by atoms with Crippen LogP contribution in [0.5, 0.6) is 0 Å². The van der Waals surface area contributed by atoms with Gasteiger partial charge in [0.15, 0.2) is 0 Å². The summed E-state index contributed by atoms with van der Waals surface area (Å²) >= 11 is 0. The maximum absolute atomic E-state index is 11.2. The third-order valence-corrected chi connectivity index (χ3v) is 3.32. The quantitative estimate of drug-likeness (QED) is 0.649. The zero-order chi connectivity index (χ0) is 12.5. The normalized spacial score (nSPS) is 17.1. The summed E-state index contributed by atoms with van der Waals surface area (Å²) in [6.07, 6.45) is 3.33. The van der Waals surface area contributed by atoms with Crippen molar-refractivity contribution in [3.8, 4) is 0 Å². The highest BCUT2D eigenvalue weighted by molar-refractivity contribution is 5.89. The predicted molar refractivity (Wildman–Crippen MR) is 65.8 cm³/mol. The molecule has 0 saturated carbocycles. The number of benzene rings is 1. The molecule has 0 atom stereocenters. The molecule has 1 aromatic carbocycles. The van der Waals surface area contributed by atoms with Crippen molar-refractivity contribution in [3.05, 3.63) is 36.0 Å². The van der Waals surface area contributed by atoms with E-state index in [9.17, 15) is 9.59 Å². The van der Waals surface area contributed by atoms with Crippen molar-refractivity contribution in [2.24, 2.45) is 5.92 Å². The number of aromatic nitrogens is 1. The number of hydrogen-bond acceptors (Lipinski definition) is 3. The standard InChI is InChI=1S/C14H13NO3/c16-13-6-9(7-14(17)18-13)5-10-8-15-12-4-2-1-3-11(10)12/h1-4,8-9,15H,5-7H2. The van der Waals surface area contributed by atoms with Gasteiger partial charge in [0, 0.05) is 29.9 Å². The number of carbonyl (C=O) groups excluding carboxylic acids is 2. The van der Waals surface area contributed by atoms with Crippen molar-refractivity contribution in [1.82, 2.24) is 4.98 Å². The van der Waals surface area contributed by atoms with Crippen molar-refractivity contribution in [3.63, 3.8) is 0 Å².